The maximum Gasteiger partial charge on any atom is 0.272 e. The molecule has 0 saturated heterocycles. The van der Waals surface area contributed by atoms with Crippen molar-refractivity contribution in [2.75, 3.05) is 5.32 Å². The van der Waals surface area contributed by atoms with Crippen molar-refractivity contribution >= 4 is 40.8 Å². The van der Waals surface area contributed by atoms with E-state index in [1.165, 1.54) is 12.1 Å². The smallest absolute Gasteiger partial charge is 0.272 e. The van der Waals surface area contributed by atoms with E-state index in [1.54, 1.807) is 37.3 Å². The highest BCUT2D eigenvalue weighted by atomic mass is 32.1. The van der Waals surface area contributed by atoms with E-state index >= 15 is 0 Å². The minimum Gasteiger partial charge on any atom is -0.322 e. The third kappa shape index (κ3) is 4.60. The lowest BCUT2D eigenvalue weighted by molar-refractivity contribution is -0.385. The van der Waals surface area contributed by atoms with E-state index in [1.807, 2.05) is 19.1 Å². The molecule has 1 amide bonds. The SMILES string of the molecule is Cc1ccc(NC(=O)/C=c2\[nH]c(=O)/c(=C\c3ccc(C)c([N+](=O)[O-])c3)s2)cc1. The number of hydrogen-bond acceptors (Lipinski definition) is 5. The van der Waals surface area contributed by atoms with Crippen molar-refractivity contribution in [2.45, 2.75) is 13.8 Å². The van der Waals surface area contributed by atoms with Crippen LogP contribution in [0.4, 0.5) is 11.4 Å². The van der Waals surface area contributed by atoms with Gasteiger partial charge in [-0.1, -0.05) is 29.8 Å². The summed E-state index contributed by atoms with van der Waals surface area (Å²) < 4.78 is 0.745. The van der Waals surface area contributed by atoms with Crippen LogP contribution in [0, 0.1) is 24.0 Å². The third-order valence-electron chi connectivity index (χ3n) is 3.99. The Morgan fingerprint density at radius 3 is 2.57 bits per heavy atom. The summed E-state index contributed by atoms with van der Waals surface area (Å²) in [4.78, 5) is 37.5. The number of hydrogen-bond donors (Lipinski definition) is 2. The van der Waals surface area contributed by atoms with E-state index in [0.717, 1.165) is 16.9 Å². The highest BCUT2D eigenvalue weighted by Gasteiger charge is 2.10. The number of amides is 1. The summed E-state index contributed by atoms with van der Waals surface area (Å²) in [5.74, 6) is -0.362. The molecule has 0 aliphatic rings. The summed E-state index contributed by atoms with van der Waals surface area (Å²) >= 11 is 1.10. The first-order valence-electron chi connectivity index (χ1n) is 8.37. The van der Waals surface area contributed by atoms with Crippen molar-refractivity contribution in [1.82, 2.24) is 4.98 Å². The fourth-order valence-corrected chi connectivity index (χ4v) is 3.41. The molecule has 0 spiro atoms. The second-order valence-corrected chi connectivity index (χ2v) is 7.32. The lowest BCUT2D eigenvalue weighted by Crippen LogP contribution is -2.20. The number of nitrogens with zero attached hydrogens (tertiary/aromatic N) is 1. The minimum absolute atomic E-state index is 0.00834. The number of carbonyl (C=O) groups excluding carboxylic acids is 1. The molecular formula is C20H17N3O4S. The van der Waals surface area contributed by atoms with Crippen LogP contribution < -0.4 is 20.1 Å². The van der Waals surface area contributed by atoms with Gasteiger partial charge in [0.15, 0.2) is 0 Å². The van der Waals surface area contributed by atoms with Gasteiger partial charge in [-0.3, -0.25) is 19.7 Å². The fraction of sp³-hybridized carbons (Fsp3) is 0.100. The zero-order chi connectivity index (χ0) is 20.3. The van der Waals surface area contributed by atoms with Crippen LogP contribution in [0.25, 0.3) is 12.2 Å². The van der Waals surface area contributed by atoms with E-state index in [-0.39, 0.29) is 17.2 Å². The first-order chi connectivity index (χ1) is 13.3. The third-order valence-corrected chi connectivity index (χ3v) is 4.95. The van der Waals surface area contributed by atoms with Crippen molar-refractivity contribution in [3.63, 3.8) is 0 Å². The number of benzene rings is 2. The van der Waals surface area contributed by atoms with Gasteiger partial charge in [-0.2, -0.15) is 0 Å². The van der Waals surface area contributed by atoms with Crippen molar-refractivity contribution in [1.29, 1.82) is 0 Å². The Kier molecular flexibility index (Phi) is 5.51. The van der Waals surface area contributed by atoms with E-state index in [0.29, 0.717) is 26.0 Å². The highest BCUT2D eigenvalue weighted by Crippen LogP contribution is 2.19. The van der Waals surface area contributed by atoms with Crippen LogP contribution in [0.5, 0.6) is 0 Å². The summed E-state index contributed by atoms with van der Waals surface area (Å²) in [5.41, 5.74) is 2.46. The van der Waals surface area contributed by atoms with Crippen LogP contribution in [0.1, 0.15) is 16.7 Å². The maximum atomic E-state index is 12.1. The predicted octanol–water partition coefficient (Wildman–Crippen LogP) is 2.21. The molecule has 0 unspecified atom stereocenters. The van der Waals surface area contributed by atoms with Gasteiger partial charge in [-0.25, -0.2) is 0 Å². The van der Waals surface area contributed by atoms with Gasteiger partial charge >= 0.3 is 0 Å². The fourth-order valence-electron chi connectivity index (χ4n) is 2.52. The van der Waals surface area contributed by atoms with E-state index in [9.17, 15) is 19.7 Å². The molecule has 3 rings (SSSR count). The van der Waals surface area contributed by atoms with Crippen LogP contribution in [0.15, 0.2) is 47.3 Å². The Hall–Kier alpha value is -3.52. The number of rotatable bonds is 4. The van der Waals surface area contributed by atoms with Gasteiger partial charge < -0.3 is 10.3 Å². The zero-order valence-corrected chi connectivity index (χ0v) is 16.0. The minimum atomic E-state index is -0.458. The molecule has 28 heavy (non-hydrogen) atoms. The largest absolute Gasteiger partial charge is 0.322 e. The molecule has 0 aliphatic carbocycles. The molecule has 0 bridgehead atoms. The molecule has 0 radical (unpaired) electrons. The Bertz CT molecular complexity index is 1220. The molecule has 1 aromatic heterocycles. The molecule has 3 aromatic rings. The van der Waals surface area contributed by atoms with Gasteiger partial charge in [0.05, 0.1) is 9.46 Å². The van der Waals surface area contributed by atoms with Crippen molar-refractivity contribution in [3.05, 3.63) is 88.8 Å². The molecule has 1 heterocycles. The zero-order valence-electron chi connectivity index (χ0n) is 15.2. The van der Waals surface area contributed by atoms with Crippen LogP contribution in [-0.4, -0.2) is 15.8 Å². The number of H-pyrrole nitrogens is 1. The maximum absolute atomic E-state index is 12.1. The van der Waals surface area contributed by atoms with Crippen LogP contribution in [0.2, 0.25) is 0 Å². The molecule has 0 fully saturated rings. The van der Waals surface area contributed by atoms with Crippen LogP contribution in [-0.2, 0) is 4.79 Å². The number of aromatic amines is 1. The molecule has 0 saturated carbocycles. The Labute approximate surface area is 163 Å². The molecule has 0 atom stereocenters. The van der Waals surface area contributed by atoms with Gasteiger partial charge in [-0.15, -0.1) is 11.3 Å². The Morgan fingerprint density at radius 2 is 1.89 bits per heavy atom. The first-order valence-corrected chi connectivity index (χ1v) is 9.19. The average molecular weight is 395 g/mol. The summed E-state index contributed by atoms with van der Waals surface area (Å²) in [6.07, 6.45) is 2.87. The quantitative estimate of drug-likeness (QED) is 0.522. The number of nitro benzene ring substituents is 1. The summed E-state index contributed by atoms with van der Waals surface area (Å²) in [6.45, 7) is 3.61. The molecule has 142 valence electrons. The van der Waals surface area contributed by atoms with Gasteiger partial charge in [0.2, 0.25) is 0 Å². The number of carbonyl (C=O) groups is 1. The summed E-state index contributed by atoms with van der Waals surface area (Å²) in [7, 11) is 0. The lowest BCUT2D eigenvalue weighted by Gasteiger charge is -2.01. The van der Waals surface area contributed by atoms with Crippen molar-refractivity contribution in [3.8, 4) is 0 Å². The Morgan fingerprint density at radius 1 is 1.18 bits per heavy atom. The molecule has 2 aromatic carbocycles. The lowest BCUT2D eigenvalue weighted by atomic mass is 10.1. The molecule has 0 aliphatic heterocycles. The van der Waals surface area contributed by atoms with Crippen molar-refractivity contribution in [2.24, 2.45) is 0 Å². The number of nitro groups is 1. The molecule has 2 N–H and O–H groups in total. The second-order valence-electron chi connectivity index (χ2n) is 6.23. The van der Waals surface area contributed by atoms with Crippen LogP contribution >= 0.6 is 11.3 Å². The first kappa shape index (κ1) is 19.2. The second kappa shape index (κ2) is 8.01. The predicted molar refractivity (Wildman–Crippen MR) is 110 cm³/mol. The van der Waals surface area contributed by atoms with Gasteiger partial charge in [0, 0.05) is 23.4 Å². The highest BCUT2D eigenvalue weighted by molar-refractivity contribution is 7.07. The normalized spacial score (nSPS) is 12.2. The molecular weight excluding hydrogens is 378 g/mol. The van der Waals surface area contributed by atoms with E-state index in [2.05, 4.69) is 10.3 Å². The number of aryl methyl sites for hydroxylation is 2. The number of anilines is 1. The van der Waals surface area contributed by atoms with E-state index < -0.39 is 4.92 Å². The van der Waals surface area contributed by atoms with Gasteiger partial charge in [0.25, 0.3) is 17.2 Å². The van der Waals surface area contributed by atoms with Crippen LogP contribution in [0.3, 0.4) is 0 Å². The van der Waals surface area contributed by atoms with Gasteiger partial charge in [-0.05, 0) is 37.6 Å². The topological polar surface area (TPSA) is 105 Å². The molecule has 8 heteroatoms. The summed E-state index contributed by atoms with van der Waals surface area (Å²) in [6, 6.07) is 12.1. The van der Waals surface area contributed by atoms with E-state index in [4.69, 9.17) is 0 Å². The monoisotopic (exact) mass is 395 g/mol. The van der Waals surface area contributed by atoms with Crippen molar-refractivity contribution < 1.29 is 9.72 Å². The number of thiazole rings is 1. The molecule has 7 nitrogen and oxygen atoms in total. The number of aromatic nitrogens is 1. The number of nitrogens with one attached hydrogen (secondary N) is 2. The Balaban J connectivity index is 1.89. The summed E-state index contributed by atoms with van der Waals surface area (Å²) in [5, 5.41) is 13.8. The average Bonchev–Trinajstić information content (AvgIpc) is 2.97. The standard InChI is InChI=1S/C20H17N3O4S/c1-12-3-7-15(8-4-12)21-18(24)11-19-22-20(25)17(28-19)10-14-6-5-13(2)16(9-14)23(26)27/h3-11H,1-2H3,(H,21,24)(H,22,25)/b17-10+,19-11+. The van der Waals surface area contributed by atoms with Gasteiger partial charge in [0.1, 0.15) is 4.66 Å².